The minimum absolute atomic E-state index is 0.0993. The van der Waals surface area contributed by atoms with E-state index in [0.717, 1.165) is 37.1 Å². The first-order chi connectivity index (χ1) is 10.7. The van der Waals surface area contributed by atoms with Crippen LogP contribution in [0.15, 0.2) is 29.2 Å². The van der Waals surface area contributed by atoms with E-state index in [9.17, 15) is 21.6 Å². The number of nitrogens with zero attached hydrogens (tertiary/aromatic N) is 1. The third-order valence-corrected chi connectivity index (χ3v) is 6.37. The van der Waals surface area contributed by atoms with E-state index in [1.807, 2.05) is 0 Å². The summed E-state index contributed by atoms with van der Waals surface area (Å²) in [4.78, 5) is -0.141. The Morgan fingerprint density at radius 2 is 1.65 bits per heavy atom. The molecule has 0 bridgehead atoms. The maximum absolute atomic E-state index is 12.6. The van der Waals surface area contributed by atoms with Crippen molar-refractivity contribution in [2.24, 2.45) is 5.92 Å². The summed E-state index contributed by atoms with van der Waals surface area (Å²) in [7, 11) is -2.37. The SMILES string of the molecule is CN(C1CCC(CO)CC1)S(=O)(=O)c1ccc(C(F)(F)F)cc1. The molecule has 1 saturated carbocycles. The summed E-state index contributed by atoms with van der Waals surface area (Å²) in [6, 6.07) is 3.36. The van der Waals surface area contributed by atoms with Gasteiger partial charge in [-0.2, -0.15) is 17.5 Å². The number of benzene rings is 1. The predicted octanol–water partition coefficient (Wildman–Crippen LogP) is 2.88. The van der Waals surface area contributed by atoms with Crippen LogP contribution in [0.25, 0.3) is 0 Å². The van der Waals surface area contributed by atoms with Crippen molar-refractivity contribution >= 4 is 10.0 Å². The van der Waals surface area contributed by atoms with Gasteiger partial charge in [-0.1, -0.05) is 0 Å². The van der Waals surface area contributed by atoms with E-state index in [0.29, 0.717) is 12.8 Å². The van der Waals surface area contributed by atoms with Gasteiger partial charge in [0, 0.05) is 19.7 Å². The van der Waals surface area contributed by atoms with Crippen molar-refractivity contribution in [1.82, 2.24) is 4.31 Å². The second-order valence-electron chi connectivity index (χ2n) is 5.90. The van der Waals surface area contributed by atoms with Gasteiger partial charge in [-0.3, -0.25) is 0 Å². The second kappa shape index (κ2) is 6.78. The molecule has 0 amide bonds. The van der Waals surface area contributed by atoms with Crippen LogP contribution < -0.4 is 0 Å². The predicted molar refractivity (Wildman–Crippen MR) is 79.2 cm³/mol. The van der Waals surface area contributed by atoms with Gasteiger partial charge in [0.1, 0.15) is 0 Å². The van der Waals surface area contributed by atoms with Crippen LogP contribution in [0, 0.1) is 5.92 Å². The van der Waals surface area contributed by atoms with E-state index in [1.54, 1.807) is 0 Å². The Kier molecular flexibility index (Phi) is 5.37. The zero-order valence-corrected chi connectivity index (χ0v) is 13.6. The van der Waals surface area contributed by atoms with E-state index < -0.39 is 21.8 Å². The van der Waals surface area contributed by atoms with Gasteiger partial charge in [0.25, 0.3) is 0 Å². The summed E-state index contributed by atoms with van der Waals surface area (Å²) in [5, 5.41) is 9.12. The average Bonchev–Trinajstić information content (AvgIpc) is 2.53. The topological polar surface area (TPSA) is 57.6 Å². The minimum atomic E-state index is -4.49. The summed E-state index contributed by atoms with van der Waals surface area (Å²) in [5.74, 6) is 0.202. The quantitative estimate of drug-likeness (QED) is 0.907. The number of rotatable bonds is 4. The molecule has 0 aliphatic heterocycles. The van der Waals surface area contributed by atoms with Crippen molar-refractivity contribution in [3.05, 3.63) is 29.8 Å². The van der Waals surface area contributed by atoms with Crippen LogP contribution in [0.2, 0.25) is 0 Å². The van der Waals surface area contributed by atoms with Gasteiger partial charge < -0.3 is 5.11 Å². The third-order valence-electron chi connectivity index (χ3n) is 4.45. The minimum Gasteiger partial charge on any atom is -0.396 e. The number of halogens is 3. The van der Waals surface area contributed by atoms with Crippen LogP contribution in [0.5, 0.6) is 0 Å². The standard InChI is InChI=1S/C15H20F3NO3S/c1-19(13-6-2-11(10-20)3-7-13)23(21,22)14-8-4-12(5-9-14)15(16,17)18/h4-5,8-9,11,13,20H,2-3,6-7,10H2,1H3. The Morgan fingerprint density at radius 3 is 2.09 bits per heavy atom. The Hall–Kier alpha value is -1.12. The van der Waals surface area contributed by atoms with Gasteiger partial charge in [0.05, 0.1) is 10.5 Å². The van der Waals surface area contributed by atoms with Crippen molar-refractivity contribution in [1.29, 1.82) is 0 Å². The summed E-state index contributed by atoms with van der Waals surface area (Å²) in [6.07, 6.45) is -1.72. The van der Waals surface area contributed by atoms with Crippen molar-refractivity contribution < 1.29 is 26.7 Å². The molecule has 1 aliphatic carbocycles. The molecule has 0 radical (unpaired) electrons. The molecule has 23 heavy (non-hydrogen) atoms. The molecule has 1 fully saturated rings. The van der Waals surface area contributed by atoms with Gasteiger partial charge in [0.2, 0.25) is 10.0 Å². The fraction of sp³-hybridized carbons (Fsp3) is 0.600. The molecule has 0 unspecified atom stereocenters. The van der Waals surface area contributed by atoms with Crippen LogP contribution in [0.1, 0.15) is 31.2 Å². The van der Waals surface area contributed by atoms with Crippen LogP contribution in [0.3, 0.4) is 0 Å². The van der Waals surface area contributed by atoms with Crippen LogP contribution in [0.4, 0.5) is 13.2 Å². The first kappa shape index (κ1) is 18.2. The molecule has 1 aromatic carbocycles. The van der Waals surface area contributed by atoms with Gasteiger partial charge in [0.15, 0.2) is 0 Å². The van der Waals surface area contributed by atoms with Crippen molar-refractivity contribution in [3.8, 4) is 0 Å². The molecular weight excluding hydrogens is 331 g/mol. The van der Waals surface area contributed by atoms with Gasteiger partial charge in [-0.15, -0.1) is 0 Å². The van der Waals surface area contributed by atoms with Crippen molar-refractivity contribution in [2.45, 2.75) is 42.8 Å². The first-order valence-corrected chi connectivity index (χ1v) is 8.86. The Bertz CT molecular complexity index is 620. The Balaban J connectivity index is 2.14. The lowest BCUT2D eigenvalue weighted by Crippen LogP contribution is -2.39. The fourth-order valence-electron chi connectivity index (χ4n) is 2.87. The molecule has 0 saturated heterocycles. The fourth-order valence-corrected chi connectivity index (χ4v) is 4.29. The highest BCUT2D eigenvalue weighted by atomic mass is 32.2. The van der Waals surface area contributed by atoms with Gasteiger partial charge >= 0.3 is 6.18 Å². The molecule has 1 aliphatic rings. The maximum Gasteiger partial charge on any atom is 0.416 e. The number of alkyl halides is 3. The lowest BCUT2D eigenvalue weighted by molar-refractivity contribution is -0.137. The van der Waals surface area contributed by atoms with E-state index in [-0.39, 0.29) is 23.5 Å². The molecule has 8 heteroatoms. The van der Waals surface area contributed by atoms with Crippen LogP contribution in [-0.4, -0.2) is 37.5 Å². The molecule has 0 aromatic heterocycles. The summed E-state index contributed by atoms with van der Waals surface area (Å²) < 4.78 is 64.0. The summed E-state index contributed by atoms with van der Waals surface area (Å²) in [6.45, 7) is 0.0993. The Morgan fingerprint density at radius 1 is 1.13 bits per heavy atom. The Labute approximate surface area is 134 Å². The van der Waals surface area contributed by atoms with Crippen LogP contribution >= 0.6 is 0 Å². The highest BCUT2D eigenvalue weighted by Crippen LogP contribution is 2.32. The van der Waals surface area contributed by atoms with E-state index in [1.165, 1.54) is 11.4 Å². The molecule has 4 nitrogen and oxygen atoms in total. The lowest BCUT2D eigenvalue weighted by atomic mass is 9.87. The number of hydrogen-bond acceptors (Lipinski definition) is 3. The highest BCUT2D eigenvalue weighted by Gasteiger charge is 2.33. The molecule has 0 atom stereocenters. The molecule has 0 heterocycles. The summed E-state index contributed by atoms with van der Waals surface area (Å²) in [5.41, 5.74) is -0.873. The maximum atomic E-state index is 12.6. The number of aliphatic hydroxyl groups is 1. The average molecular weight is 351 g/mol. The van der Waals surface area contributed by atoms with Crippen molar-refractivity contribution in [2.75, 3.05) is 13.7 Å². The molecule has 1 aromatic rings. The normalized spacial score (nSPS) is 23.2. The highest BCUT2D eigenvalue weighted by molar-refractivity contribution is 7.89. The number of hydrogen-bond donors (Lipinski definition) is 1. The monoisotopic (exact) mass is 351 g/mol. The van der Waals surface area contributed by atoms with Gasteiger partial charge in [-0.05, 0) is 55.9 Å². The third kappa shape index (κ3) is 4.05. The van der Waals surface area contributed by atoms with Crippen LogP contribution in [-0.2, 0) is 16.2 Å². The van der Waals surface area contributed by atoms with E-state index in [4.69, 9.17) is 5.11 Å². The molecule has 1 N–H and O–H groups in total. The molecule has 0 spiro atoms. The molecule has 2 rings (SSSR count). The lowest BCUT2D eigenvalue weighted by Gasteiger charge is -2.33. The van der Waals surface area contributed by atoms with E-state index >= 15 is 0 Å². The molecule has 130 valence electrons. The zero-order chi connectivity index (χ0) is 17.3. The number of aliphatic hydroxyl groups excluding tert-OH is 1. The first-order valence-electron chi connectivity index (χ1n) is 7.42. The summed E-state index contributed by atoms with van der Waals surface area (Å²) >= 11 is 0. The van der Waals surface area contributed by atoms with Crippen molar-refractivity contribution in [3.63, 3.8) is 0 Å². The number of sulfonamides is 1. The smallest absolute Gasteiger partial charge is 0.396 e. The largest absolute Gasteiger partial charge is 0.416 e. The van der Waals surface area contributed by atoms with E-state index in [2.05, 4.69) is 0 Å². The second-order valence-corrected chi connectivity index (χ2v) is 7.90. The zero-order valence-electron chi connectivity index (χ0n) is 12.8. The molecular formula is C15H20F3NO3S. The van der Waals surface area contributed by atoms with Gasteiger partial charge in [-0.25, -0.2) is 8.42 Å².